The number of phenolic OH excluding ortho intramolecular Hbond substituents is 2. The fourth-order valence-corrected chi connectivity index (χ4v) is 2.62. The van der Waals surface area contributed by atoms with Crippen molar-refractivity contribution in [2.45, 2.75) is 0 Å². The molecule has 0 saturated heterocycles. The van der Waals surface area contributed by atoms with E-state index in [0.717, 1.165) is 0 Å². The van der Waals surface area contributed by atoms with Crippen LogP contribution in [0.2, 0.25) is 20.1 Å². The van der Waals surface area contributed by atoms with Crippen molar-refractivity contribution >= 4 is 58.6 Å². The highest BCUT2D eigenvalue weighted by atomic mass is 35.5. The monoisotopic (exact) mass is 348 g/mol. The molecule has 0 aliphatic carbocycles. The van der Waals surface area contributed by atoms with E-state index < -0.39 is 0 Å². The fourth-order valence-electron chi connectivity index (χ4n) is 1.61. The predicted octanol–water partition coefficient (Wildman–Crippen LogP) is 5.88. The molecule has 0 heterocycles. The van der Waals surface area contributed by atoms with Crippen molar-refractivity contribution < 1.29 is 10.2 Å². The number of phenols is 2. The van der Waals surface area contributed by atoms with E-state index in [4.69, 9.17) is 46.4 Å². The summed E-state index contributed by atoms with van der Waals surface area (Å²) in [4.78, 5) is 0. The molecule has 0 aliphatic rings. The van der Waals surface area contributed by atoms with Gasteiger partial charge in [0.05, 0.1) is 10.0 Å². The van der Waals surface area contributed by atoms with Gasteiger partial charge in [0, 0.05) is 21.2 Å². The van der Waals surface area contributed by atoms with Gasteiger partial charge in [-0.15, -0.1) is 0 Å². The Hall–Kier alpha value is -1.06. The quantitative estimate of drug-likeness (QED) is 0.664. The Labute approximate surface area is 135 Å². The van der Waals surface area contributed by atoms with Crippen molar-refractivity contribution in [1.82, 2.24) is 0 Å². The van der Waals surface area contributed by atoms with E-state index in [-0.39, 0.29) is 21.5 Å². The lowest BCUT2D eigenvalue weighted by Gasteiger charge is -2.05. The Morgan fingerprint density at radius 1 is 0.650 bits per heavy atom. The first-order valence-corrected chi connectivity index (χ1v) is 6.94. The molecule has 0 aromatic heterocycles. The standard InChI is InChI=1S/C14H8Cl4O2/c15-9-3-7(13(19)11(17)5-9)1-2-8-4-10(16)6-12(18)14(8)20/h1-6,19-20H/b2-1+. The third-order valence-corrected chi connectivity index (χ3v) is 3.57. The molecule has 0 fully saturated rings. The van der Waals surface area contributed by atoms with Crippen LogP contribution in [0, 0.1) is 0 Å². The average Bonchev–Trinajstić information content (AvgIpc) is 2.37. The molecule has 2 N–H and O–H groups in total. The predicted molar refractivity (Wildman–Crippen MR) is 85.2 cm³/mol. The highest BCUT2D eigenvalue weighted by Gasteiger charge is 2.08. The first kappa shape index (κ1) is 15.3. The minimum atomic E-state index is -0.0973. The van der Waals surface area contributed by atoms with Crippen molar-refractivity contribution in [3.05, 3.63) is 55.5 Å². The van der Waals surface area contributed by atoms with Gasteiger partial charge in [-0.05, 0) is 24.3 Å². The number of halogens is 4. The van der Waals surface area contributed by atoms with Crippen LogP contribution in [0.1, 0.15) is 11.1 Å². The van der Waals surface area contributed by atoms with Crippen LogP contribution in [-0.2, 0) is 0 Å². The lowest BCUT2D eigenvalue weighted by molar-refractivity contribution is 0.473. The van der Waals surface area contributed by atoms with Crippen molar-refractivity contribution in [3.63, 3.8) is 0 Å². The molecule has 0 amide bonds. The van der Waals surface area contributed by atoms with Crippen LogP contribution in [0.4, 0.5) is 0 Å². The molecule has 6 heteroatoms. The summed E-state index contributed by atoms with van der Waals surface area (Å²) < 4.78 is 0. The van der Waals surface area contributed by atoms with Gasteiger partial charge in [-0.3, -0.25) is 0 Å². The van der Waals surface area contributed by atoms with Gasteiger partial charge in [0.15, 0.2) is 0 Å². The molecule has 2 aromatic carbocycles. The Balaban J connectivity index is 2.45. The van der Waals surface area contributed by atoms with Crippen molar-refractivity contribution in [1.29, 1.82) is 0 Å². The maximum atomic E-state index is 9.82. The average molecular weight is 350 g/mol. The normalized spacial score (nSPS) is 11.2. The second kappa shape index (κ2) is 6.15. The zero-order chi connectivity index (χ0) is 14.9. The number of hydrogen-bond donors (Lipinski definition) is 2. The van der Waals surface area contributed by atoms with Gasteiger partial charge in [-0.2, -0.15) is 0 Å². The molecule has 0 saturated carbocycles. The summed E-state index contributed by atoms with van der Waals surface area (Å²) in [6.45, 7) is 0. The molecule has 2 aromatic rings. The van der Waals surface area contributed by atoms with Gasteiger partial charge in [-0.25, -0.2) is 0 Å². The zero-order valence-corrected chi connectivity index (χ0v) is 12.9. The van der Waals surface area contributed by atoms with Crippen LogP contribution in [-0.4, -0.2) is 10.2 Å². The summed E-state index contributed by atoms with van der Waals surface area (Å²) in [5.74, 6) is -0.195. The van der Waals surface area contributed by atoms with E-state index in [1.807, 2.05) is 0 Å². The molecule has 0 radical (unpaired) electrons. The second-order valence-electron chi connectivity index (χ2n) is 3.98. The maximum Gasteiger partial charge on any atom is 0.141 e. The fraction of sp³-hybridized carbons (Fsp3) is 0. The first-order chi connectivity index (χ1) is 9.38. The molecule has 0 aliphatic heterocycles. The molecule has 0 unspecified atom stereocenters. The summed E-state index contributed by atoms with van der Waals surface area (Å²) in [6.07, 6.45) is 3.10. The maximum absolute atomic E-state index is 9.82. The van der Waals surface area contributed by atoms with E-state index in [1.54, 1.807) is 24.3 Å². The largest absolute Gasteiger partial charge is 0.506 e. The Bertz CT molecular complexity index is 637. The molecule has 0 bridgehead atoms. The molecule has 2 nitrogen and oxygen atoms in total. The lowest BCUT2D eigenvalue weighted by atomic mass is 10.1. The number of rotatable bonds is 2. The second-order valence-corrected chi connectivity index (χ2v) is 5.67. The molecule has 0 atom stereocenters. The molecular formula is C14H8Cl4O2. The van der Waals surface area contributed by atoms with Crippen LogP contribution in [0.25, 0.3) is 12.2 Å². The molecular weight excluding hydrogens is 342 g/mol. The topological polar surface area (TPSA) is 40.5 Å². The van der Waals surface area contributed by atoms with Gasteiger partial charge >= 0.3 is 0 Å². The molecule has 20 heavy (non-hydrogen) atoms. The Morgan fingerprint density at radius 3 is 1.35 bits per heavy atom. The van der Waals surface area contributed by atoms with E-state index in [9.17, 15) is 10.2 Å². The van der Waals surface area contributed by atoms with E-state index >= 15 is 0 Å². The highest BCUT2D eigenvalue weighted by Crippen LogP contribution is 2.35. The molecule has 104 valence electrons. The summed E-state index contributed by atoms with van der Waals surface area (Å²) >= 11 is 23.4. The Kier molecular flexibility index (Phi) is 4.71. The molecule has 0 spiro atoms. The molecule has 2 rings (SSSR count). The summed E-state index contributed by atoms with van der Waals surface area (Å²) in [7, 11) is 0. The van der Waals surface area contributed by atoms with Crippen molar-refractivity contribution in [3.8, 4) is 11.5 Å². The third kappa shape index (κ3) is 3.33. The zero-order valence-electron chi connectivity index (χ0n) is 9.87. The number of benzene rings is 2. The summed E-state index contributed by atoms with van der Waals surface area (Å²) in [5.41, 5.74) is 0.830. The van der Waals surface area contributed by atoms with Crippen molar-refractivity contribution in [2.24, 2.45) is 0 Å². The smallest absolute Gasteiger partial charge is 0.141 e. The van der Waals surface area contributed by atoms with Gasteiger partial charge < -0.3 is 10.2 Å². The highest BCUT2D eigenvalue weighted by molar-refractivity contribution is 6.36. The minimum absolute atomic E-state index is 0.0973. The van der Waals surface area contributed by atoms with Gasteiger partial charge in [-0.1, -0.05) is 58.6 Å². The van der Waals surface area contributed by atoms with E-state index in [0.29, 0.717) is 21.2 Å². The van der Waals surface area contributed by atoms with Gasteiger partial charge in [0.1, 0.15) is 11.5 Å². The SMILES string of the molecule is Oc1c(Cl)cc(Cl)cc1/C=C/c1cc(Cl)cc(Cl)c1O. The summed E-state index contributed by atoms with van der Waals surface area (Å²) in [6, 6.07) is 5.96. The minimum Gasteiger partial charge on any atom is -0.506 e. The van der Waals surface area contributed by atoms with Crippen LogP contribution in [0.3, 0.4) is 0 Å². The number of hydrogen-bond acceptors (Lipinski definition) is 2. The van der Waals surface area contributed by atoms with Crippen LogP contribution >= 0.6 is 46.4 Å². The van der Waals surface area contributed by atoms with Crippen LogP contribution in [0.5, 0.6) is 11.5 Å². The van der Waals surface area contributed by atoms with E-state index in [2.05, 4.69) is 0 Å². The Morgan fingerprint density at radius 2 is 1.00 bits per heavy atom. The lowest BCUT2D eigenvalue weighted by Crippen LogP contribution is -1.80. The van der Waals surface area contributed by atoms with Crippen molar-refractivity contribution in [2.75, 3.05) is 0 Å². The van der Waals surface area contributed by atoms with E-state index in [1.165, 1.54) is 12.1 Å². The van der Waals surface area contributed by atoms with Crippen LogP contribution in [0.15, 0.2) is 24.3 Å². The number of aromatic hydroxyl groups is 2. The van der Waals surface area contributed by atoms with Gasteiger partial charge in [0.2, 0.25) is 0 Å². The summed E-state index contributed by atoms with van der Waals surface area (Å²) in [5, 5.41) is 20.7. The van der Waals surface area contributed by atoms with Gasteiger partial charge in [0.25, 0.3) is 0 Å². The third-order valence-electron chi connectivity index (χ3n) is 2.56. The van der Waals surface area contributed by atoms with Crippen LogP contribution < -0.4 is 0 Å². The first-order valence-electron chi connectivity index (χ1n) is 5.42.